The first kappa shape index (κ1) is 14.3. The molecule has 0 aliphatic rings. The molecule has 2 aromatic carbocycles. The molecule has 0 saturated heterocycles. The van der Waals surface area contributed by atoms with E-state index in [2.05, 4.69) is 5.32 Å². The van der Waals surface area contributed by atoms with Gasteiger partial charge in [-0.3, -0.25) is 10.1 Å². The number of hydrogen-bond donors (Lipinski definition) is 1. The minimum Gasteiger partial charge on any atom is -0.379 e. The molecule has 2 aromatic rings. The molecule has 0 unspecified atom stereocenters. The van der Waals surface area contributed by atoms with Crippen molar-refractivity contribution in [1.82, 2.24) is 0 Å². The predicted molar refractivity (Wildman–Crippen MR) is 76.7 cm³/mol. The summed E-state index contributed by atoms with van der Waals surface area (Å²) < 4.78 is 13.0. The number of halogens is 2. The zero-order chi connectivity index (χ0) is 14.5. The van der Waals surface area contributed by atoms with Gasteiger partial charge in [-0.1, -0.05) is 29.8 Å². The Labute approximate surface area is 120 Å². The maximum absolute atomic E-state index is 13.0. The molecule has 0 bridgehead atoms. The number of nitro groups is 1. The van der Waals surface area contributed by atoms with Gasteiger partial charge in [0.2, 0.25) is 0 Å². The van der Waals surface area contributed by atoms with Gasteiger partial charge in [0.05, 0.1) is 4.92 Å². The SMILES string of the molecule is O=[N+]([O-])c1c(Cl)cccc1NCCc1cccc(F)c1. The Morgan fingerprint density at radius 3 is 2.70 bits per heavy atom. The van der Waals surface area contributed by atoms with Crippen molar-refractivity contribution in [1.29, 1.82) is 0 Å². The molecule has 0 saturated carbocycles. The number of hydrogen-bond acceptors (Lipinski definition) is 3. The van der Waals surface area contributed by atoms with E-state index in [9.17, 15) is 14.5 Å². The van der Waals surface area contributed by atoms with Crippen molar-refractivity contribution in [3.63, 3.8) is 0 Å². The Balaban J connectivity index is 2.05. The molecule has 4 nitrogen and oxygen atoms in total. The third-order valence-electron chi connectivity index (χ3n) is 2.79. The summed E-state index contributed by atoms with van der Waals surface area (Å²) in [5, 5.41) is 14.0. The number of para-hydroxylation sites is 1. The van der Waals surface area contributed by atoms with Gasteiger partial charge in [0.25, 0.3) is 0 Å². The molecule has 20 heavy (non-hydrogen) atoms. The van der Waals surface area contributed by atoms with E-state index < -0.39 is 4.92 Å². The second kappa shape index (κ2) is 6.34. The smallest absolute Gasteiger partial charge is 0.310 e. The summed E-state index contributed by atoms with van der Waals surface area (Å²) in [4.78, 5) is 10.4. The molecule has 0 amide bonds. The molecule has 104 valence electrons. The summed E-state index contributed by atoms with van der Waals surface area (Å²) in [6.45, 7) is 0.449. The van der Waals surface area contributed by atoms with E-state index in [4.69, 9.17) is 11.6 Å². The average Bonchev–Trinajstić information content (AvgIpc) is 2.38. The number of benzene rings is 2. The lowest BCUT2D eigenvalue weighted by molar-refractivity contribution is -0.383. The fourth-order valence-corrected chi connectivity index (χ4v) is 2.12. The third kappa shape index (κ3) is 3.45. The van der Waals surface area contributed by atoms with Crippen LogP contribution >= 0.6 is 11.6 Å². The zero-order valence-electron chi connectivity index (χ0n) is 10.5. The Morgan fingerprint density at radius 2 is 2.00 bits per heavy atom. The quantitative estimate of drug-likeness (QED) is 0.669. The van der Waals surface area contributed by atoms with Crippen LogP contribution in [0.5, 0.6) is 0 Å². The first-order valence-corrected chi connectivity index (χ1v) is 6.37. The molecule has 1 N–H and O–H groups in total. The van der Waals surface area contributed by atoms with Crippen molar-refractivity contribution >= 4 is 23.0 Å². The lowest BCUT2D eigenvalue weighted by atomic mass is 10.1. The lowest BCUT2D eigenvalue weighted by Gasteiger charge is -2.08. The summed E-state index contributed by atoms with van der Waals surface area (Å²) in [6, 6.07) is 10.9. The Kier molecular flexibility index (Phi) is 4.53. The van der Waals surface area contributed by atoms with Crippen molar-refractivity contribution in [3.8, 4) is 0 Å². The molecule has 6 heteroatoms. The minimum absolute atomic E-state index is 0.0887. The largest absolute Gasteiger partial charge is 0.379 e. The van der Waals surface area contributed by atoms with E-state index >= 15 is 0 Å². The van der Waals surface area contributed by atoms with Crippen molar-refractivity contribution in [2.45, 2.75) is 6.42 Å². The number of nitro benzene ring substituents is 1. The summed E-state index contributed by atoms with van der Waals surface area (Å²) in [6.07, 6.45) is 0.557. The van der Waals surface area contributed by atoms with Crippen LogP contribution in [-0.2, 0) is 6.42 Å². The van der Waals surface area contributed by atoms with Crippen molar-refractivity contribution in [3.05, 3.63) is 69.0 Å². The van der Waals surface area contributed by atoms with Crippen molar-refractivity contribution in [2.75, 3.05) is 11.9 Å². The van der Waals surface area contributed by atoms with Crippen molar-refractivity contribution in [2.24, 2.45) is 0 Å². The first-order chi connectivity index (χ1) is 9.58. The van der Waals surface area contributed by atoms with Gasteiger partial charge in [-0.25, -0.2) is 4.39 Å². The van der Waals surface area contributed by atoms with E-state index in [1.165, 1.54) is 18.2 Å². The molecule has 0 spiro atoms. The van der Waals surface area contributed by atoms with Gasteiger partial charge >= 0.3 is 5.69 Å². The number of anilines is 1. The highest BCUT2D eigenvalue weighted by atomic mass is 35.5. The van der Waals surface area contributed by atoms with Gasteiger partial charge in [0, 0.05) is 6.54 Å². The molecule has 0 aliphatic heterocycles. The average molecular weight is 295 g/mol. The molecule has 0 aromatic heterocycles. The normalized spacial score (nSPS) is 10.3. The fourth-order valence-electron chi connectivity index (χ4n) is 1.88. The Morgan fingerprint density at radius 1 is 1.25 bits per heavy atom. The maximum Gasteiger partial charge on any atom is 0.310 e. The van der Waals surface area contributed by atoms with Crippen LogP contribution in [-0.4, -0.2) is 11.5 Å². The van der Waals surface area contributed by atoms with Gasteiger partial charge < -0.3 is 5.32 Å². The van der Waals surface area contributed by atoms with E-state index in [1.54, 1.807) is 24.3 Å². The highest BCUT2D eigenvalue weighted by Gasteiger charge is 2.17. The Bertz CT molecular complexity index is 634. The van der Waals surface area contributed by atoms with Gasteiger partial charge in [-0.15, -0.1) is 0 Å². The number of nitrogens with one attached hydrogen (secondary N) is 1. The molecule has 0 heterocycles. The third-order valence-corrected chi connectivity index (χ3v) is 3.09. The molecular formula is C14H12ClFN2O2. The van der Waals surface area contributed by atoms with E-state index in [-0.39, 0.29) is 16.5 Å². The summed E-state index contributed by atoms with van der Waals surface area (Å²) in [7, 11) is 0. The highest BCUT2D eigenvalue weighted by Crippen LogP contribution is 2.32. The number of rotatable bonds is 5. The lowest BCUT2D eigenvalue weighted by Crippen LogP contribution is -2.07. The molecule has 0 fully saturated rings. The van der Waals surface area contributed by atoms with Crippen LogP contribution in [0.15, 0.2) is 42.5 Å². The topological polar surface area (TPSA) is 55.2 Å². The second-order valence-electron chi connectivity index (χ2n) is 4.20. The monoisotopic (exact) mass is 294 g/mol. The van der Waals surface area contributed by atoms with E-state index in [0.29, 0.717) is 18.7 Å². The molecule has 0 aliphatic carbocycles. The van der Waals surface area contributed by atoms with Gasteiger partial charge in [0.15, 0.2) is 0 Å². The molecule has 0 atom stereocenters. The molecule has 0 radical (unpaired) electrons. The van der Waals surface area contributed by atoms with E-state index in [1.807, 2.05) is 0 Å². The predicted octanol–water partition coefficient (Wildman–Crippen LogP) is 4.04. The standard InChI is InChI=1S/C14H12ClFN2O2/c15-12-5-2-6-13(14(12)18(19)20)17-8-7-10-3-1-4-11(16)9-10/h1-6,9,17H,7-8H2. The van der Waals surface area contributed by atoms with Crippen molar-refractivity contribution < 1.29 is 9.31 Å². The highest BCUT2D eigenvalue weighted by molar-refractivity contribution is 6.33. The van der Waals surface area contributed by atoms with Crippen LogP contribution in [0.3, 0.4) is 0 Å². The summed E-state index contributed by atoms with van der Waals surface area (Å²) in [5.41, 5.74) is 1.04. The van der Waals surface area contributed by atoms with Crippen LogP contribution < -0.4 is 5.32 Å². The van der Waals surface area contributed by atoms with Gasteiger partial charge in [0.1, 0.15) is 16.5 Å². The summed E-state index contributed by atoms with van der Waals surface area (Å²) >= 11 is 5.81. The van der Waals surface area contributed by atoms with Crippen LogP contribution in [0, 0.1) is 15.9 Å². The zero-order valence-corrected chi connectivity index (χ0v) is 11.2. The first-order valence-electron chi connectivity index (χ1n) is 5.99. The number of nitrogens with zero attached hydrogens (tertiary/aromatic N) is 1. The maximum atomic E-state index is 13.0. The van der Waals surface area contributed by atoms with Crippen LogP contribution in [0.4, 0.5) is 15.8 Å². The van der Waals surface area contributed by atoms with Crippen LogP contribution in [0.2, 0.25) is 5.02 Å². The molecular weight excluding hydrogens is 283 g/mol. The Hall–Kier alpha value is -2.14. The molecule has 2 rings (SSSR count). The minimum atomic E-state index is -0.521. The van der Waals surface area contributed by atoms with E-state index in [0.717, 1.165) is 5.56 Å². The van der Waals surface area contributed by atoms with Gasteiger partial charge in [-0.05, 0) is 36.2 Å². The van der Waals surface area contributed by atoms with Crippen LogP contribution in [0.25, 0.3) is 0 Å². The van der Waals surface area contributed by atoms with Gasteiger partial charge in [-0.2, -0.15) is 0 Å². The fraction of sp³-hybridized carbons (Fsp3) is 0.143. The summed E-state index contributed by atoms with van der Waals surface area (Å²) in [5.74, 6) is -0.295. The second-order valence-corrected chi connectivity index (χ2v) is 4.61. The van der Waals surface area contributed by atoms with Crippen LogP contribution in [0.1, 0.15) is 5.56 Å².